The van der Waals surface area contributed by atoms with E-state index in [2.05, 4.69) is 11.1 Å². The molecule has 3 aromatic rings. The van der Waals surface area contributed by atoms with Gasteiger partial charge in [0.2, 0.25) is 0 Å². The molecular weight excluding hydrogens is 339 g/mol. The summed E-state index contributed by atoms with van der Waals surface area (Å²) in [6.07, 6.45) is 0.223. The number of nitriles is 1. The minimum absolute atomic E-state index is 0.223. The standard InChI is InChI=1S/C18H15FN4OS/c1-11-13(18(21)24)8-16(15-10-25-17(22-15)6-7-20)23(11)9-12-4-2-3-5-14(12)19/h2-5,8,10H,6,9H2,1H3,(H2,21,24). The van der Waals surface area contributed by atoms with E-state index in [1.54, 1.807) is 31.2 Å². The van der Waals surface area contributed by atoms with Crippen LogP contribution in [0.5, 0.6) is 0 Å². The van der Waals surface area contributed by atoms with E-state index < -0.39 is 5.91 Å². The summed E-state index contributed by atoms with van der Waals surface area (Å²) in [6.45, 7) is 2.03. The first-order valence-corrected chi connectivity index (χ1v) is 8.44. The molecule has 0 bridgehead atoms. The van der Waals surface area contributed by atoms with Gasteiger partial charge in [-0.3, -0.25) is 4.79 Å². The third-order valence-electron chi connectivity index (χ3n) is 3.96. The number of primary amides is 1. The van der Waals surface area contributed by atoms with E-state index in [0.717, 1.165) is 0 Å². The Morgan fingerprint density at radius 3 is 2.88 bits per heavy atom. The van der Waals surface area contributed by atoms with Gasteiger partial charge in [-0.2, -0.15) is 5.26 Å². The molecule has 0 radical (unpaired) electrons. The molecule has 0 atom stereocenters. The van der Waals surface area contributed by atoms with Crippen molar-refractivity contribution in [1.82, 2.24) is 9.55 Å². The van der Waals surface area contributed by atoms with Gasteiger partial charge >= 0.3 is 0 Å². The first kappa shape index (κ1) is 16.9. The first-order valence-electron chi connectivity index (χ1n) is 7.56. The molecule has 25 heavy (non-hydrogen) atoms. The van der Waals surface area contributed by atoms with Crippen LogP contribution in [0.3, 0.4) is 0 Å². The molecule has 2 N–H and O–H groups in total. The number of thiazole rings is 1. The van der Waals surface area contributed by atoms with Crippen LogP contribution in [0.25, 0.3) is 11.4 Å². The van der Waals surface area contributed by atoms with E-state index >= 15 is 0 Å². The normalized spacial score (nSPS) is 10.6. The Morgan fingerprint density at radius 2 is 2.20 bits per heavy atom. The number of rotatable bonds is 5. The minimum atomic E-state index is -0.543. The third kappa shape index (κ3) is 3.30. The molecular formula is C18H15FN4OS. The van der Waals surface area contributed by atoms with E-state index in [4.69, 9.17) is 11.0 Å². The summed E-state index contributed by atoms with van der Waals surface area (Å²) in [7, 11) is 0. The Hall–Kier alpha value is -2.98. The number of hydrogen-bond acceptors (Lipinski definition) is 4. The second kappa shape index (κ2) is 6.87. The van der Waals surface area contributed by atoms with E-state index in [1.807, 2.05) is 9.95 Å². The van der Waals surface area contributed by atoms with Crippen molar-refractivity contribution in [3.8, 4) is 17.5 Å². The fourth-order valence-corrected chi connectivity index (χ4v) is 3.40. The van der Waals surface area contributed by atoms with Crippen LogP contribution in [0.15, 0.2) is 35.7 Å². The molecule has 5 nitrogen and oxygen atoms in total. The summed E-state index contributed by atoms with van der Waals surface area (Å²) in [6, 6.07) is 10.2. The number of amides is 1. The minimum Gasteiger partial charge on any atom is -0.366 e. The lowest BCUT2D eigenvalue weighted by atomic mass is 10.2. The monoisotopic (exact) mass is 354 g/mol. The highest BCUT2D eigenvalue weighted by molar-refractivity contribution is 7.10. The average molecular weight is 354 g/mol. The fourth-order valence-electron chi connectivity index (χ4n) is 2.68. The predicted octanol–water partition coefficient (Wildman–Crippen LogP) is 3.27. The summed E-state index contributed by atoms with van der Waals surface area (Å²) in [5.74, 6) is -0.857. The highest BCUT2D eigenvalue weighted by Gasteiger charge is 2.19. The van der Waals surface area contributed by atoms with Crippen molar-refractivity contribution in [2.45, 2.75) is 19.9 Å². The lowest BCUT2D eigenvalue weighted by Crippen LogP contribution is -2.13. The number of halogens is 1. The van der Waals surface area contributed by atoms with E-state index in [9.17, 15) is 9.18 Å². The Labute approximate surface area is 148 Å². The Kier molecular flexibility index (Phi) is 4.63. The molecule has 2 heterocycles. The lowest BCUT2D eigenvalue weighted by Gasteiger charge is -2.11. The summed E-state index contributed by atoms with van der Waals surface area (Å²) >= 11 is 1.37. The first-order chi connectivity index (χ1) is 12.0. The van der Waals surface area contributed by atoms with Crippen molar-refractivity contribution >= 4 is 17.2 Å². The van der Waals surface area contributed by atoms with Gasteiger partial charge in [0.25, 0.3) is 5.91 Å². The van der Waals surface area contributed by atoms with Gasteiger partial charge < -0.3 is 10.3 Å². The molecule has 0 unspecified atom stereocenters. The average Bonchev–Trinajstić information content (AvgIpc) is 3.15. The summed E-state index contributed by atoms with van der Waals surface area (Å²) < 4.78 is 15.9. The maximum absolute atomic E-state index is 14.1. The van der Waals surface area contributed by atoms with Gasteiger partial charge in [-0.25, -0.2) is 9.37 Å². The zero-order valence-electron chi connectivity index (χ0n) is 13.5. The molecule has 0 spiro atoms. The third-order valence-corrected chi connectivity index (χ3v) is 4.81. The Bertz CT molecular complexity index is 983. The molecule has 0 aliphatic heterocycles. The van der Waals surface area contributed by atoms with E-state index in [-0.39, 0.29) is 18.8 Å². The molecule has 0 saturated carbocycles. The lowest BCUT2D eigenvalue weighted by molar-refractivity contribution is 0.0999. The number of nitrogens with zero attached hydrogens (tertiary/aromatic N) is 3. The highest BCUT2D eigenvalue weighted by atomic mass is 32.1. The zero-order valence-corrected chi connectivity index (χ0v) is 14.3. The van der Waals surface area contributed by atoms with Crippen molar-refractivity contribution in [3.05, 3.63) is 63.4 Å². The SMILES string of the molecule is Cc1c(C(N)=O)cc(-c2csc(CC#N)n2)n1Cc1ccccc1F. The topological polar surface area (TPSA) is 84.7 Å². The predicted molar refractivity (Wildman–Crippen MR) is 93.6 cm³/mol. The zero-order chi connectivity index (χ0) is 18.0. The molecule has 7 heteroatoms. The summed E-state index contributed by atoms with van der Waals surface area (Å²) in [5, 5.41) is 11.3. The maximum Gasteiger partial charge on any atom is 0.250 e. The molecule has 3 rings (SSSR count). The van der Waals surface area contributed by atoms with Gasteiger partial charge in [0.05, 0.1) is 36.0 Å². The second-order valence-electron chi connectivity index (χ2n) is 5.53. The number of carbonyl (C=O) groups excluding carboxylic acids is 1. The maximum atomic E-state index is 14.1. The highest BCUT2D eigenvalue weighted by Crippen LogP contribution is 2.28. The van der Waals surface area contributed by atoms with Gasteiger partial charge in [0.15, 0.2) is 0 Å². The Balaban J connectivity index is 2.10. The summed E-state index contributed by atoms with van der Waals surface area (Å²) in [4.78, 5) is 16.2. The van der Waals surface area contributed by atoms with E-state index in [0.29, 0.717) is 33.2 Å². The largest absolute Gasteiger partial charge is 0.366 e. The molecule has 0 saturated heterocycles. The van der Waals surface area contributed by atoms with Crippen LogP contribution < -0.4 is 5.73 Å². The van der Waals surface area contributed by atoms with Crippen molar-refractivity contribution in [1.29, 1.82) is 5.26 Å². The molecule has 2 aromatic heterocycles. The van der Waals surface area contributed by atoms with Crippen molar-refractivity contribution in [2.24, 2.45) is 5.73 Å². The van der Waals surface area contributed by atoms with Crippen molar-refractivity contribution in [2.75, 3.05) is 0 Å². The summed E-state index contributed by atoms with van der Waals surface area (Å²) in [5.41, 5.74) is 8.32. The van der Waals surface area contributed by atoms with Gasteiger partial charge in [-0.05, 0) is 19.1 Å². The fraction of sp³-hybridized carbons (Fsp3) is 0.167. The van der Waals surface area contributed by atoms with Crippen LogP contribution in [0, 0.1) is 24.1 Å². The molecule has 0 aliphatic rings. The molecule has 1 amide bonds. The van der Waals surface area contributed by atoms with Gasteiger partial charge in [-0.15, -0.1) is 11.3 Å². The van der Waals surface area contributed by atoms with E-state index in [1.165, 1.54) is 17.4 Å². The molecule has 1 aromatic carbocycles. The molecule has 0 aliphatic carbocycles. The van der Waals surface area contributed by atoms with Crippen LogP contribution >= 0.6 is 11.3 Å². The Morgan fingerprint density at radius 1 is 1.44 bits per heavy atom. The van der Waals surface area contributed by atoms with Crippen LogP contribution in [0.1, 0.15) is 26.6 Å². The van der Waals surface area contributed by atoms with Crippen LogP contribution in [0.2, 0.25) is 0 Å². The number of carbonyl (C=O) groups is 1. The number of hydrogen-bond donors (Lipinski definition) is 1. The molecule has 126 valence electrons. The number of nitrogens with two attached hydrogens (primary N) is 1. The van der Waals surface area contributed by atoms with Gasteiger partial charge in [0, 0.05) is 16.6 Å². The van der Waals surface area contributed by atoms with Crippen molar-refractivity contribution in [3.63, 3.8) is 0 Å². The van der Waals surface area contributed by atoms with Gasteiger partial charge in [0.1, 0.15) is 10.8 Å². The number of aromatic nitrogens is 2. The smallest absolute Gasteiger partial charge is 0.250 e. The van der Waals surface area contributed by atoms with Gasteiger partial charge in [-0.1, -0.05) is 18.2 Å². The van der Waals surface area contributed by atoms with Crippen LogP contribution in [0.4, 0.5) is 4.39 Å². The molecule has 0 fully saturated rings. The van der Waals surface area contributed by atoms with Crippen LogP contribution in [-0.4, -0.2) is 15.5 Å². The van der Waals surface area contributed by atoms with Crippen molar-refractivity contribution < 1.29 is 9.18 Å². The quantitative estimate of drug-likeness (QED) is 0.763. The van der Waals surface area contributed by atoms with Crippen LogP contribution in [-0.2, 0) is 13.0 Å². The number of benzene rings is 1. The second-order valence-corrected chi connectivity index (χ2v) is 6.47.